The number of nitrogens with one attached hydrogen (secondary N) is 1. The molecule has 0 bridgehead atoms. The first-order valence-electron chi connectivity index (χ1n) is 5.35. The van der Waals surface area contributed by atoms with E-state index < -0.39 is 5.97 Å². The fourth-order valence-electron chi connectivity index (χ4n) is 2.78. The molecule has 2 rings (SSSR count). The van der Waals surface area contributed by atoms with Crippen LogP contribution in [0.25, 0.3) is 0 Å². The van der Waals surface area contributed by atoms with Gasteiger partial charge in [-0.3, -0.25) is 4.79 Å². The second kappa shape index (κ2) is 3.87. The maximum absolute atomic E-state index is 10.8. The Kier molecular flexibility index (Phi) is 2.74. The van der Waals surface area contributed by atoms with Crippen molar-refractivity contribution in [2.45, 2.75) is 31.3 Å². The monoisotopic (exact) mass is 198 g/mol. The third-order valence-electron chi connectivity index (χ3n) is 3.58. The van der Waals surface area contributed by atoms with Gasteiger partial charge in [0.15, 0.2) is 0 Å². The molecule has 0 aromatic heterocycles. The molecule has 14 heavy (non-hydrogen) atoms. The van der Waals surface area contributed by atoms with E-state index in [0.29, 0.717) is 12.0 Å². The number of hydrogen-bond donors (Lipinski definition) is 2. The second-order valence-corrected chi connectivity index (χ2v) is 4.49. The molecular formula is C10H18N2O2. The van der Waals surface area contributed by atoms with Crippen LogP contribution < -0.4 is 5.32 Å². The molecule has 4 heteroatoms. The van der Waals surface area contributed by atoms with E-state index in [4.69, 9.17) is 5.11 Å². The SMILES string of the molecule is CN1CCCC1C1CNC(C(=O)O)C1. The van der Waals surface area contributed by atoms with Gasteiger partial charge >= 0.3 is 5.97 Å². The van der Waals surface area contributed by atoms with Crippen molar-refractivity contribution >= 4 is 5.97 Å². The van der Waals surface area contributed by atoms with Crippen molar-refractivity contribution in [1.82, 2.24) is 10.2 Å². The highest BCUT2D eigenvalue weighted by Crippen LogP contribution is 2.28. The molecule has 2 heterocycles. The van der Waals surface area contributed by atoms with Gasteiger partial charge in [-0.15, -0.1) is 0 Å². The quantitative estimate of drug-likeness (QED) is 0.663. The first-order chi connectivity index (χ1) is 6.68. The largest absolute Gasteiger partial charge is 0.480 e. The number of rotatable bonds is 2. The van der Waals surface area contributed by atoms with E-state index in [1.54, 1.807) is 0 Å². The Labute approximate surface area is 84.3 Å². The molecule has 3 atom stereocenters. The minimum absolute atomic E-state index is 0.311. The maximum Gasteiger partial charge on any atom is 0.320 e. The van der Waals surface area contributed by atoms with Crippen LogP contribution >= 0.6 is 0 Å². The molecule has 3 unspecified atom stereocenters. The van der Waals surface area contributed by atoms with Crippen molar-refractivity contribution in [3.63, 3.8) is 0 Å². The van der Waals surface area contributed by atoms with Gasteiger partial charge < -0.3 is 15.3 Å². The highest BCUT2D eigenvalue weighted by atomic mass is 16.4. The third-order valence-corrected chi connectivity index (χ3v) is 3.58. The number of nitrogens with zero attached hydrogens (tertiary/aromatic N) is 1. The predicted octanol–water partition coefficient (Wildman–Crippen LogP) is 0.143. The van der Waals surface area contributed by atoms with Crippen LogP contribution in [0.1, 0.15) is 19.3 Å². The van der Waals surface area contributed by atoms with Gasteiger partial charge in [-0.25, -0.2) is 0 Å². The van der Waals surface area contributed by atoms with Crippen LogP contribution in [0.5, 0.6) is 0 Å². The molecule has 0 aliphatic carbocycles. The topological polar surface area (TPSA) is 52.6 Å². The lowest BCUT2D eigenvalue weighted by Gasteiger charge is -2.24. The summed E-state index contributed by atoms with van der Waals surface area (Å²) >= 11 is 0. The molecular weight excluding hydrogens is 180 g/mol. The summed E-state index contributed by atoms with van der Waals surface area (Å²) in [5.74, 6) is -0.170. The van der Waals surface area contributed by atoms with Crippen LogP contribution in [0.3, 0.4) is 0 Å². The average molecular weight is 198 g/mol. The highest BCUT2D eigenvalue weighted by molar-refractivity contribution is 5.73. The Morgan fingerprint density at radius 1 is 1.57 bits per heavy atom. The Hall–Kier alpha value is -0.610. The summed E-state index contributed by atoms with van der Waals surface area (Å²) in [4.78, 5) is 13.1. The van der Waals surface area contributed by atoms with Crippen LogP contribution in [0.4, 0.5) is 0 Å². The van der Waals surface area contributed by atoms with Crippen LogP contribution in [0, 0.1) is 5.92 Å². The van der Waals surface area contributed by atoms with Crippen molar-refractivity contribution in [1.29, 1.82) is 0 Å². The van der Waals surface area contributed by atoms with Crippen molar-refractivity contribution < 1.29 is 9.90 Å². The molecule has 80 valence electrons. The molecule has 0 amide bonds. The summed E-state index contributed by atoms with van der Waals surface area (Å²) in [6, 6.07) is 0.292. The summed E-state index contributed by atoms with van der Waals surface area (Å²) in [7, 11) is 2.14. The minimum Gasteiger partial charge on any atom is -0.480 e. The summed E-state index contributed by atoms with van der Waals surface area (Å²) < 4.78 is 0. The smallest absolute Gasteiger partial charge is 0.320 e. The van der Waals surface area contributed by atoms with Gasteiger partial charge in [0.25, 0.3) is 0 Å². The van der Waals surface area contributed by atoms with Crippen LogP contribution in [-0.2, 0) is 4.79 Å². The van der Waals surface area contributed by atoms with E-state index in [2.05, 4.69) is 17.3 Å². The van der Waals surface area contributed by atoms with Crippen molar-refractivity contribution in [3.8, 4) is 0 Å². The van der Waals surface area contributed by atoms with E-state index in [9.17, 15) is 4.79 Å². The normalized spacial score (nSPS) is 39.1. The van der Waals surface area contributed by atoms with E-state index in [1.165, 1.54) is 19.4 Å². The van der Waals surface area contributed by atoms with Crippen LogP contribution in [0.15, 0.2) is 0 Å². The van der Waals surface area contributed by atoms with Gasteiger partial charge in [0, 0.05) is 12.6 Å². The molecule has 2 fully saturated rings. The van der Waals surface area contributed by atoms with Gasteiger partial charge in [0.05, 0.1) is 0 Å². The predicted molar refractivity (Wildman–Crippen MR) is 53.2 cm³/mol. The highest BCUT2D eigenvalue weighted by Gasteiger charge is 2.37. The number of hydrogen-bond acceptors (Lipinski definition) is 3. The summed E-state index contributed by atoms with van der Waals surface area (Å²) in [5.41, 5.74) is 0. The molecule has 2 aliphatic heterocycles. The zero-order valence-electron chi connectivity index (χ0n) is 8.57. The first-order valence-corrected chi connectivity index (χ1v) is 5.35. The summed E-state index contributed by atoms with van der Waals surface area (Å²) in [5, 5.41) is 11.9. The summed E-state index contributed by atoms with van der Waals surface area (Å²) in [6.07, 6.45) is 3.29. The van der Waals surface area contributed by atoms with Crippen LogP contribution in [0.2, 0.25) is 0 Å². The number of aliphatic carboxylic acids is 1. The fraction of sp³-hybridized carbons (Fsp3) is 0.900. The molecule has 0 saturated carbocycles. The molecule has 0 aromatic rings. The lowest BCUT2D eigenvalue weighted by Crippen LogP contribution is -2.33. The van der Waals surface area contributed by atoms with Gasteiger partial charge in [-0.05, 0) is 38.8 Å². The zero-order valence-corrected chi connectivity index (χ0v) is 8.57. The van der Waals surface area contributed by atoms with Crippen LogP contribution in [-0.4, -0.2) is 48.2 Å². The van der Waals surface area contributed by atoms with E-state index >= 15 is 0 Å². The molecule has 4 nitrogen and oxygen atoms in total. The van der Waals surface area contributed by atoms with Gasteiger partial charge in [-0.1, -0.05) is 0 Å². The molecule has 0 aromatic carbocycles. The van der Waals surface area contributed by atoms with Crippen molar-refractivity contribution in [2.24, 2.45) is 5.92 Å². The Bertz CT molecular complexity index is 232. The Balaban J connectivity index is 1.91. The molecule has 2 N–H and O–H groups in total. The second-order valence-electron chi connectivity index (χ2n) is 4.49. The lowest BCUT2D eigenvalue weighted by molar-refractivity contribution is -0.139. The van der Waals surface area contributed by atoms with Gasteiger partial charge in [0.1, 0.15) is 6.04 Å². The minimum atomic E-state index is -0.701. The summed E-state index contributed by atoms with van der Waals surface area (Å²) in [6.45, 7) is 2.03. The number of carbonyl (C=O) groups is 1. The standard InChI is InChI=1S/C10H18N2O2/c1-12-4-2-3-9(12)7-5-8(10(13)14)11-6-7/h7-9,11H,2-6H2,1H3,(H,13,14). The zero-order chi connectivity index (χ0) is 10.1. The lowest BCUT2D eigenvalue weighted by atomic mass is 9.95. The Morgan fingerprint density at radius 2 is 2.36 bits per heavy atom. The molecule has 2 aliphatic rings. The third kappa shape index (κ3) is 1.77. The van der Waals surface area contributed by atoms with Crippen molar-refractivity contribution in [2.75, 3.05) is 20.1 Å². The number of carboxylic acid groups (broad SMARTS) is 1. The molecule has 0 radical (unpaired) electrons. The van der Waals surface area contributed by atoms with Gasteiger partial charge in [0.2, 0.25) is 0 Å². The Morgan fingerprint density at radius 3 is 2.86 bits per heavy atom. The number of likely N-dealkylation sites (tertiary alicyclic amines) is 1. The van der Waals surface area contributed by atoms with E-state index in [-0.39, 0.29) is 6.04 Å². The molecule has 0 spiro atoms. The van der Waals surface area contributed by atoms with Crippen molar-refractivity contribution in [3.05, 3.63) is 0 Å². The first kappa shape index (κ1) is 9.93. The maximum atomic E-state index is 10.8. The molecule has 2 saturated heterocycles. The van der Waals surface area contributed by atoms with E-state index in [1.807, 2.05) is 0 Å². The van der Waals surface area contributed by atoms with E-state index in [0.717, 1.165) is 13.0 Å². The average Bonchev–Trinajstić information content (AvgIpc) is 2.71. The number of carboxylic acids is 1. The van der Waals surface area contributed by atoms with Gasteiger partial charge in [-0.2, -0.15) is 0 Å². The fourth-order valence-corrected chi connectivity index (χ4v) is 2.78.